The first kappa shape index (κ1) is 25.1. The lowest BCUT2D eigenvalue weighted by Crippen LogP contribution is -2.51. The number of ether oxygens (including phenoxy) is 1. The van der Waals surface area contributed by atoms with Crippen LogP contribution in [-0.4, -0.2) is 59.9 Å². The summed E-state index contributed by atoms with van der Waals surface area (Å²) in [7, 11) is 1.67. The molecule has 33 heavy (non-hydrogen) atoms. The monoisotopic (exact) mass is 457 g/mol. The molecule has 182 valence electrons. The van der Waals surface area contributed by atoms with Gasteiger partial charge in [0.05, 0.1) is 6.54 Å². The molecule has 0 unspecified atom stereocenters. The van der Waals surface area contributed by atoms with Crippen LogP contribution in [0.2, 0.25) is 0 Å². The molecule has 0 bridgehead atoms. The van der Waals surface area contributed by atoms with Crippen LogP contribution in [0, 0.1) is 25.2 Å². The van der Waals surface area contributed by atoms with E-state index in [1.54, 1.807) is 7.05 Å². The predicted octanol–water partition coefficient (Wildman–Crippen LogP) is 4.06. The van der Waals surface area contributed by atoms with Gasteiger partial charge in [-0.3, -0.25) is 14.5 Å². The lowest BCUT2D eigenvalue weighted by molar-refractivity contribution is -0.139. The van der Waals surface area contributed by atoms with Crippen LogP contribution in [0.4, 0.5) is 4.79 Å². The number of amides is 4. The average molecular weight is 458 g/mol. The summed E-state index contributed by atoms with van der Waals surface area (Å²) in [5.74, 6) is 0.775. The molecule has 1 heterocycles. The number of nitrogens with one attached hydrogen (secondary N) is 1. The molecule has 2 aliphatic rings. The number of carbonyl (C=O) groups excluding carboxylic acids is 3. The molecule has 1 aromatic carbocycles. The molecule has 1 saturated carbocycles. The van der Waals surface area contributed by atoms with E-state index in [1.165, 1.54) is 4.90 Å². The molecular formula is C26H39N3O4. The number of imide groups is 1. The van der Waals surface area contributed by atoms with Crippen LogP contribution in [0.15, 0.2) is 18.2 Å². The Hall–Kier alpha value is -2.57. The number of hydrogen-bond acceptors (Lipinski definition) is 4. The summed E-state index contributed by atoms with van der Waals surface area (Å²) in [5, 5.41) is 2.92. The fraction of sp³-hybridized carbons (Fsp3) is 0.654. The minimum Gasteiger partial charge on any atom is -0.492 e. The van der Waals surface area contributed by atoms with Crippen molar-refractivity contribution in [3.8, 4) is 5.75 Å². The largest absolute Gasteiger partial charge is 0.492 e. The zero-order valence-electron chi connectivity index (χ0n) is 21.0. The molecule has 1 saturated heterocycles. The Morgan fingerprint density at radius 1 is 1.18 bits per heavy atom. The molecule has 1 spiro atoms. The number of carbonyl (C=O) groups is 3. The van der Waals surface area contributed by atoms with Gasteiger partial charge in [0.15, 0.2) is 0 Å². The van der Waals surface area contributed by atoms with Gasteiger partial charge in [0, 0.05) is 7.05 Å². The highest BCUT2D eigenvalue weighted by atomic mass is 16.5. The van der Waals surface area contributed by atoms with E-state index < -0.39 is 11.6 Å². The highest BCUT2D eigenvalue weighted by Crippen LogP contribution is 2.45. The third kappa shape index (κ3) is 5.50. The van der Waals surface area contributed by atoms with Gasteiger partial charge in [0.2, 0.25) is 5.91 Å². The first-order valence-electron chi connectivity index (χ1n) is 12.1. The number of urea groups is 1. The summed E-state index contributed by atoms with van der Waals surface area (Å²) in [5.41, 5.74) is 1.62. The topological polar surface area (TPSA) is 79.0 Å². The Kier molecular flexibility index (Phi) is 7.39. The molecule has 0 radical (unpaired) electrons. The van der Waals surface area contributed by atoms with Crippen molar-refractivity contribution in [3.05, 3.63) is 29.3 Å². The Balaban J connectivity index is 1.52. The van der Waals surface area contributed by atoms with Crippen molar-refractivity contribution in [3.63, 3.8) is 0 Å². The van der Waals surface area contributed by atoms with Crippen LogP contribution in [-0.2, 0) is 9.59 Å². The number of rotatable bonds is 8. The molecule has 0 aromatic heterocycles. The normalized spacial score (nSPS) is 23.1. The van der Waals surface area contributed by atoms with Crippen molar-refractivity contribution in [2.24, 2.45) is 11.3 Å². The van der Waals surface area contributed by atoms with E-state index in [0.717, 1.165) is 41.0 Å². The molecule has 0 atom stereocenters. The van der Waals surface area contributed by atoms with Crippen molar-refractivity contribution in [2.75, 3.05) is 26.7 Å². The minimum absolute atomic E-state index is 0.227. The van der Waals surface area contributed by atoms with Gasteiger partial charge in [-0.2, -0.15) is 0 Å². The summed E-state index contributed by atoms with van der Waals surface area (Å²) in [6, 6.07) is 5.53. The number of hydrogen-bond donors (Lipinski definition) is 1. The predicted molar refractivity (Wildman–Crippen MR) is 128 cm³/mol. The summed E-state index contributed by atoms with van der Waals surface area (Å²) in [4.78, 5) is 41.1. The van der Waals surface area contributed by atoms with Gasteiger partial charge in [-0.15, -0.1) is 0 Å². The maximum Gasteiger partial charge on any atom is 0.325 e. The smallest absolute Gasteiger partial charge is 0.325 e. The standard InChI is InChI=1S/C26H39N3O4/c1-7-25(4,5)20-8-10-26(11-9-20)23(31)29(24(32)27-26)17-22(30)28(6)12-13-33-21-15-18(2)14-19(3)16-21/h14-16,20H,7-13,17H2,1-6H3,(H,27,32). The second-order valence-corrected chi connectivity index (χ2v) is 10.5. The van der Waals surface area contributed by atoms with Gasteiger partial charge in [-0.25, -0.2) is 4.79 Å². The van der Waals surface area contributed by atoms with Crippen molar-refractivity contribution in [2.45, 2.75) is 72.3 Å². The molecule has 1 N–H and O–H groups in total. The number of aryl methyl sites for hydroxylation is 2. The van der Waals surface area contributed by atoms with Gasteiger partial charge in [0.1, 0.15) is 24.4 Å². The summed E-state index contributed by atoms with van der Waals surface area (Å²) >= 11 is 0. The van der Waals surface area contributed by atoms with Crippen LogP contribution >= 0.6 is 0 Å². The van der Waals surface area contributed by atoms with Crippen LogP contribution in [0.3, 0.4) is 0 Å². The van der Waals surface area contributed by atoms with Crippen LogP contribution in [0.1, 0.15) is 64.0 Å². The lowest BCUT2D eigenvalue weighted by atomic mass is 9.65. The molecule has 1 aliphatic carbocycles. The molecule has 3 rings (SSSR count). The van der Waals surface area contributed by atoms with Gasteiger partial charge >= 0.3 is 6.03 Å². The van der Waals surface area contributed by atoms with Gasteiger partial charge in [-0.1, -0.05) is 33.3 Å². The van der Waals surface area contributed by atoms with Crippen LogP contribution < -0.4 is 10.1 Å². The Morgan fingerprint density at radius 2 is 1.79 bits per heavy atom. The average Bonchev–Trinajstić information content (AvgIpc) is 2.97. The quantitative estimate of drug-likeness (QED) is 0.597. The first-order valence-corrected chi connectivity index (χ1v) is 12.1. The molecular weight excluding hydrogens is 418 g/mol. The van der Waals surface area contributed by atoms with Crippen molar-refractivity contribution in [1.29, 1.82) is 0 Å². The number of benzene rings is 1. The van der Waals surface area contributed by atoms with Gasteiger partial charge in [-0.05, 0) is 74.1 Å². The third-order valence-corrected chi connectivity index (χ3v) is 7.71. The lowest BCUT2D eigenvalue weighted by Gasteiger charge is -2.42. The number of nitrogens with zero attached hydrogens (tertiary/aromatic N) is 2. The summed E-state index contributed by atoms with van der Waals surface area (Å²) < 4.78 is 5.78. The Morgan fingerprint density at radius 3 is 2.36 bits per heavy atom. The molecule has 7 nitrogen and oxygen atoms in total. The van der Waals surface area contributed by atoms with Crippen LogP contribution in [0.25, 0.3) is 0 Å². The van der Waals surface area contributed by atoms with Gasteiger partial charge < -0.3 is 15.0 Å². The SMILES string of the molecule is CCC(C)(C)C1CCC2(CC1)NC(=O)N(CC(=O)N(C)CCOc1cc(C)cc(C)c1)C2=O. The zero-order chi connectivity index (χ0) is 24.4. The van der Waals surface area contributed by atoms with Gasteiger partial charge in [0.25, 0.3) is 5.91 Å². The minimum atomic E-state index is -0.845. The van der Waals surface area contributed by atoms with E-state index >= 15 is 0 Å². The van der Waals surface area contributed by atoms with E-state index in [2.05, 4.69) is 32.2 Å². The third-order valence-electron chi connectivity index (χ3n) is 7.71. The fourth-order valence-corrected chi connectivity index (χ4v) is 5.04. The van der Waals surface area contributed by atoms with E-state index in [4.69, 9.17) is 4.74 Å². The van der Waals surface area contributed by atoms with E-state index in [1.807, 2.05) is 26.0 Å². The Bertz CT molecular complexity index is 883. The highest BCUT2D eigenvalue weighted by Gasteiger charge is 2.53. The second-order valence-electron chi connectivity index (χ2n) is 10.5. The fourth-order valence-electron chi connectivity index (χ4n) is 5.04. The zero-order valence-corrected chi connectivity index (χ0v) is 21.0. The van der Waals surface area contributed by atoms with E-state index in [0.29, 0.717) is 31.9 Å². The van der Waals surface area contributed by atoms with E-state index in [9.17, 15) is 14.4 Å². The molecule has 1 aliphatic heterocycles. The molecule has 7 heteroatoms. The van der Waals surface area contributed by atoms with Crippen molar-refractivity contribution in [1.82, 2.24) is 15.1 Å². The Labute approximate surface area is 197 Å². The molecule has 1 aromatic rings. The highest BCUT2D eigenvalue weighted by molar-refractivity contribution is 6.09. The summed E-state index contributed by atoms with van der Waals surface area (Å²) in [6.45, 7) is 11.2. The number of likely N-dealkylation sites (N-methyl/N-ethyl adjacent to an activating group) is 1. The van der Waals surface area contributed by atoms with Crippen molar-refractivity contribution >= 4 is 17.8 Å². The molecule has 2 fully saturated rings. The maximum atomic E-state index is 13.2. The summed E-state index contributed by atoms with van der Waals surface area (Å²) in [6.07, 6.45) is 4.17. The maximum absolute atomic E-state index is 13.2. The molecule has 4 amide bonds. The van der Waals surface area contributed by atoms with E-state index in [-0.39, 0.29) is 23.8 Å². The first-order chi connectivity index (χ1) is 15.5. The van der Waals surface area contributed by atoms with Crippen LogP contribution in [0.5, 0.6) is 5.75 Å². The van der Waals surface area contributed by atoms with Crippen molar-refractivity contribution < 1.29 is 19.1 Å². The second kappa shape index (κ2) is 9.74.